The molecule has 0 saturated carbocycles. The molecule has 5 nitrogen and oxygen atoms in total. The maximum absolute atomic E-state index is 13.1. The minimum Gasteiger partial charge on any atom is -0.497 e. The third-order valence-corrected chi connectivity index (χ3v) is 4.03. The van der Waals surface area contributed by atoms with E-state index in [1.165, 1.54) is 25.3 Å². The van der Waals surface area contributed by atoms with E-state index in [2.05, 4.69) is 0 Å². The average molecular weight is 368 g/mol. The summed E-state index contributed by atoms with van der Waals surface area (Å²) in [5, 5.41) is 9.13. The molecule has 1 aliphatic heterocycles. The highest BCUT2D eigenvalue weighted by atomic mass is 19.4. The molecule has 0 saturated heterocycles. The number of aliphatic carboxylic acids is 1. The molecule has 1 aliphatic rings. The number of ether oxygens (including phenoxy) is 3. The quantitative estimate of drug-likeness (QED) is 0.882. The molecule has 1 N–H and O–H groups in total. The van der Waals surface area contributed by atoms with Crippen molar-refractivity contribution >= 4 is 5.97 Å². The first kappa shape index (κ1) is 17.9. The molecule has 3 rings (SSSR count). The average Bonchev–Trinajstić information content (AvgIpc) is 2.60. The van der Waals surface area contributed by atoms with Gasteiger partial charge in [-0.3, -0.25) is 4.79 Å². The second kappa shape index (κ2) is 6.78. The van der Waals surface area contributed by atoms with Crippen LogP contribution >= 0.6 is 0 Å². The molecule has 0 aliphatic carbocycles. The SMILES string of the molecule is COc1ccc(Oc2ccc3c(c2)CC(C(=O)O)C(C(F)(F)F)O3)cc1. The topological polar surface area (TPSA) is 65.0 Å². The van der Waals surface area contributed by atoms with E-state index in [0.29, 0.717) is 22.8 Å². The zero-order valence-corrected chi connectivity index (χ0v) is 13.6. The Labute approximate surface area is 146 Å². The molecule has 0 radical (unpaired) electrons. The predicted molar refractivity (Wildman–Crippen MR) is 84.8 cm³/mol. The third-order valence-electron chi connectivity index (χ3n) is 4.03. The second-order valence-electron chi connectivity index (χ2n) is 5.78. The number of halogens is 3. The number of carboxylic acids is 1. The van der Waals surface area contributed by atoms with Crippen LogP contribution in [0.1, 0.15) is 5.56 Å². The molecule has 1 heterocycles. The number of carboxylic acid groups (broad SMARTS) is 1. The van der Waals surface area contributed by atoms with Gasteiger partial charge in [-0.25, -0.2) is 0 Å². The summed E-state index contributed by atoms with van der Waals surface area (Å²) in [6.07, 6.45) is -7.44. The Hall–Kier alpha value is -2.90. The molecule has 0 amide bonds. The Bertz CT molecular complexity index is 801. The molecule has 26 heavy (non-hydrogen) atoms. The van der Waals surface area contributed by atoms with E-state index in [0.717, 1.165) is 0 Å². The summed E-state index contributed by atoms with van der Waals surface area (Å²) in [6.45, 7) is 0. The van der Waals surface area contributed by atoms with Crippen molar-refractivity contribution in [3.63, 3.8) is 0 Å². The zero-order valence-electron chi connectivity index (χ0n) is 13.6. The van der Waals surface area contributed by atoms with Gasteiger partial charge >= 0.3 is 12.1 Å². The number of carbonyl (C=O) groups is 1. The summed E-state index contributed by atoms with van der Waals surface area (Å²) in [4.78, 5) is 11.2. The monoisotopic (exact) mass is 368 g/mol. The van der Waals surface area contributed by atoms with Gasteiger partial charge in [-0.1, -0.05) is 0 Å². The lowest BCUT2D eigenvalue weighted by molar-refractivity contribution is -0.217. The Morgan fingerprint density at radius 1 is 1.12 bits per heavy atom. The summed E-state index contributed by atoms with van der Waals surface area (Å²) in [6, 6.07) is 11.1. The molecule has 138 valence electrons. The van der Waals surface area contributed by atoms with Crippen LogP contribution in [-0.2, 0) is 11.2 Å². The van der Waals surface area contributed by atoms with Crippen LogP contribution in [0.15, 0.2) is 42.5 Å². The van der Waals surface area contributed by atoms with Crippen LogP contribution in [0.3, 0.4) is 0 Å². The molecule has 0 fully saturated rings. The van der Waals surface area contributed by atoms with Crippen molar-refractivity contribution in [1.82, 2.24) is 0 Å². The summed E-state index contributed by atoms with van der Waals surface area (Å²) in [5.74, 6) is -1.73. The summed E-state index contributed by atoms with van der Waals surface area (Å²) < 4.78 is 54.8. The van der Waals surface area contributed by atoms with Gasteiger partial charge in [-0.15, -0.1) is 0 Å². The summed E-state index contributed by atoms with van der Waals surface area (Å²) in [7, 11) is 1.53. The van der Waals surface area contributed by atoms with Gasteiger partial charge in [0.1, 0.15) is 28.9 Å². The van der Waals surface area contributed by atoms with Gasteiger partial charge in [-0.05, 0) is 54.4 Å². The first-order valence-corrected chi connectivity index (χ1v) is 7.69. The van der Waals surface area contributed by atoms with Gasteiger partial charge in [0, 0.05) is 0 Å². The van der Waals surface area contributed by atoms with Crippen LogP contribution in [0.4, 0.5) is 13.2 Å². The van der Waals surface area contributed by atoms with Gasteiger partial charge in [-0.2, -0.15) is 13.2 Å². The molecule has 2 aromatic carbocycles. The van der Waals surface area contributed by atoms with Gasteiger partial charge in [0.2, 0.25) is 6.10 Å². The van der Waals surface area contributed by atoms with E-state index in [4.69, 9.17) is 19.3 Å². The van der Waals surface area contributed by atoms with Crippen molar-refractivity contribution in [3.8, 4) is 23.0 Å². The third kappa shape index (κ3) is 3.68. The predicted octanol–water partition coefficient (Wildman–Crippen LogP) is 4.05. The molecule has 0 spiro atoms. The number of hydrogen-bond acceptors (Lipinski definition) is 4. The highest BCUT2D eigenvalue weighted by Gasteiger charge is 2.52. The molecule has 2 aromatic rings. The van der Waals surface area contributed by atoms with E-state index in [1.54, 1.807) is 24.3 Å². The maximum Gasteiger partial charge on any atom is 0.426 e. The van der Waals surface area contributed by atoms with Crippen LogP contribution < -0.4 is 14.2 Å². The van der Waals surface area contributed by atoms with E-state index >= 15 is 0 Å². The molecular weight excluding hydrogens is 353 g/mol. The lowest BCUT2D eigenvalue weighted by atomic mass is 9.90. The first-order chi connectivity index (χ1) is 12.3. The number of benzene rings is 2. The van der Waals surface area contributed by atoms with Crippen LogP contribution in [0, 0.1) is 5.92 Å². The normalized spacial score (nSPS) is 19.2. The fraction of sp³-hybridized carbons (Fsp3) is 0.278. The van der Waals surface area contributed by atoms with Gasteiger partial charge < -0.3 is 19.3 Å². The molecule has 2 unspecified atom stereocenters. The Morgan fingerprint density at radius 2 is 1.73 bits per heavy atom. The molecule has 8 heteroatoms. The standard InChI is InChI=1S/C18H15F3O5/c1-24-11-2-4-12(5-3-11)25-13-6-7-15-10(8-13)9-14(17(22)23)16(26-15)18(19,20)21/h2-8,14,16H,9H2,1H3,(H,22,23). The largest absolute Gasteiger partial charge is 0.497 e. The van der Waals surface area contributed by atoms with Crippen LogP contribution in [0.5, 0.6) is 23.0 Å². The summed E-state index contributed by atoms with van der Waals surface area (Å²) >= 11 is 0. The maximum atomic E-state index is 13.1. The van der Waals surface area contributed by atoms with Gasteiger partial charge in [0.05, 0.1) is 7.11 Å². The van der Waals surface area contributed by atoms with Crippen molar-refractivity contribution < 1.29 is 37.3 Å². The number of fused-ring (bicyclic) bond motifs is 1. The van der Waals surface area contributed by atoms with E-state index in [-0.39, 0.29) is 12.2 Å². The van der Waals surface area contributed by atoms with Crippen molar-refractivity contribution in [2.24, 2.45) is 5.92 Å². The van der Waals surface area contributed by atoms with E-state index in [9.17, 15) is 18.0 Å². The fourth-order valence-electron chi connectivity index (χ4n) is 2.75. The molecule has 2 atom stereocenters. The van der Waals surface area contributed by atoms with Crippen molar-refractivity contribution in [2.45, 2.75) is 18.7 Å². The van der Waals surface area contributed by atoms with E-state index in [1.807, 2.05) is 0 Å². The first-order valence-electron chi connectivity index (χ1n) is 7.69. The minimum atomic E-state index is -4.76. The second-order valence-corrected chi connectivity index (χ2v) is 5.78. The van der Waals surface area contributed by atoms with Crippen molar-refractivity contribution in [2.75, 3.05) is 7.11 Å². The molecule has 0 bridgehead atoms. The zero-order chi connectivity index (χ0) is 18.9. The Kier molecular flexibility index (Phi) is 4.67. The number of alkyl halides is 3. The number of hydrogen-bond donors (Lipinski definition) is 1. The highest BCUT2D eigenvalue weighted by Crippen LogP contribution is 2.40. The lowest BCUT2D eigenvalue weighted by Crippen LogP contribution is -2.47. The Morgan fingerprint density at radius 3 is 2.31 bits per heavy atom. The van der Waals surface area contributed by atoms with Crippen molar-refractivity contribution in [3.05, 3.63) is 48.0 Å². The van der Waals surface area contributed by atoms with Crippen molar-refractivity contribution in [1.29, 1.82) is 0 Å². The molecular formula is C18H15F3O5. The van der Waals surface area contributed by atoms with E-state index < -0.39 is 24.2 Å². The number of methoxy groups -OCH3 is 1. The number of rotatable bonds is 4. The fourth-order valence-corrected chi connectivity index (χ4v) is 2.75. The van der Waals surface area contributed by atoms with Crippen LogP contribution in [0.25, 0.3) is 0 Å². The highest BCUT2D eigenvalue weighted by molar-refractivity contribution is 5.72. The minimum absolute atomic E-state index is 0.00639. The Balaban J connectivity index is 1.84. The van der Waals surface area contributed by atoms with Gasteiger partial charge in [0.15, 0.2) is 0 Å². The van der Waals surface area contributed by atoms with Crippen LogP contribution in [-0.4, -0.2) is 30.5 Å². The molecule has 0 aromatic heterocycles. The lowest BCUT2D eigenvalue weighted by Gasteiger charge is -2.32. The smallest absolute Gasteiger partial charge is 0.426 e. The van der Waals surface area contributed by atoms with Crippen LogP contribution in [0.2, 0.25) is 0 Å². The van der Waals surface area contributed by atoms with Gasteiger partial charge in [0.25, 0.3) is 0 Å². The summed E-state index contributed by atoms with van der Waals surface area (Å²) in [5.41, 5.74) is 0.351.